The van der Waals surface area contributed by atoms with Crippen molar-refractivity contribution >= 4 is 0 Å². The van der Waals surface area contributed by atoms with Crippen LogP contribution in [0.3, 0.4) is 0 Å². The first-order valence-electron chi connectivity index (χ1n) is 7.73. The van der Waals surface area contributed by atoms with E-state index in [4.69, 9.17) is 0 Å². The quantitative estimate of drug-likeness (QED) is 0.411. The molecule has 106 valence electrons. The van der Waals surface area contributed by atoms with E-state index in [9.17, 15) is 0 Å². The summed E-state index contributed by atoms with van der Waals surface area (Å²) in [5.74, 6) is 0.833. The van der Waals surface area contributed by atoms with E-state index in [0.29, 0.717) is 0 Å². The first kappa shape index (κ1) is 29.8. The highest BCUT2D eigenvalue weighted by molar-refractivity contribution is 4.50. The number of hydrogen-bond donors (Lipinski definition) is 0. The zero-order chi connectivity index (χ0) is 14.4. The molecule has 0 heterocycles. The van der Waals surface area contributed by atoms with E-state index in [1.807, 2.05) is 55.4 Å². The molecule has 0 bridgehead atoms. The predicted octanol–water partition coefficient (Wildman–Crippen LogP) is 7.33. The van der Waals surface area contributed by atoms with Gasteiger partial charge in [-0.05, 0) is 5.92 Å². The van der Waals surface area contributed by atoms with Crippen LogP contribution in [0.25, 0.3) is 0 Å². The lowest BCUT2D eigenvalue weighted by atomic mass is 10.0. The molecule has 0 atom stereocenters. The maximum Gasteiger partial charge on any atom is -0.0500 e. The van der Waals surface area contributed by atoms with Crippen molar-refractivity contribution in [3.63, 3.8) is 0 Å². The minimum Gasteiger partial charge on any atom is -0.0683 e. The van der Waals surface area contributed by atoms with Gasteiger partial charge in [0.2, 0.25) is 0 Å². The summed E-state index contributed by atoms with van der Waals surface area (Å²) >= 11 is 0. The van der Waals surface area contributed by atoms with Crippen LogP contribution in [0.1, 0.15) is 102 Å². The third kappa shape index (κ3) is 148. The molecule has 16 heavy (non-hydrogen) atoms. The topological polar surface area (TPSA) is 0 Å². The van der Waals surface area contributed by atoms with Crippen molar-refractivity contribution in [3.05, 3.63) is 0 Å². The van der Waals surface area contributed by atoms with E-state index in [-0.39, 0.29) is 0 Å². The molecule has 1 saturated carbocycles. The van der Waals surface area contributed by atoms with Crippen LogP contribution in [0, 0.1) is 5.92 Å². The fourth-order valence-corrected chi connectivity index (χ4v) is 0.250. The molecular formula is C16H42. The second-order valence-electron chi connectivity index (χ2n) is 3.15. The average Bonchev–Trinajstić information content (AvgIpc) is 2.25. The molecule has 0 unspecified atom stereocenters. The summed E-state index contributed by atoms with van der Waals surface area (Å²) in [6, 6.07) is 0. The lowest BCUT2D eigenvalue weighted by Crippen LogP contribution is -1.85. The first-order valence-corrected chi connectivity index (χ1v) is 7.73. The van der Waals surface area contributed by atoms with Gasteiger partial charge < -0.3 is 0 Å². The van der Waals surface area contributed by atoms with Gasteiger partial charge in [0.1, 0.15) is 0 Å². The Morgan fingerprint density at radius 1 is 0.438 bits per heavy atom. The van der Waals surface area contributed by atoms with Gasteiger partial charge in [-0.25, -0.2) is 0 Å². The Morgan fingerprint density at radius 3 is 0.500 bits per heavy atom. The van der Waals surface area contributed by atoms with Gasteiger partial charge in [-0.1, -0.05) is 102 Å². The van der Waals surface area contributed by atoms with Gasteiger partial charge >= 0.3 is 0 Å². The summed E-state index contributed by atoms with van der Waals surface area (Å²) in [5.41, 5.74) is 0. The fraction of sp³-hybridized carbons (Fsp3) is 1.00. The molecule has 0 nitrogen and oxygen atoms in total. The lowest BCUT2D eigenvalue weighted by molar-refractivity contribution is 0.504. The molecule has 0 aromatic heterocycles. The summed E-state index contributed by atoms with van der Waals surface area (Å²) < 4.78 is 0. The van der Waals surface area contributed by atoms with Crippen LogP contribution >= 0.6 is 0 Å². The van der Waals surface area contributed by atoms with Crippen molar-refractivity contribution in [2.24, 2.45) is 5.92 Å². The van der Waals surface area contributed by atoms with Crippen LogP contribution in [0.5, 0.6) is 0 Å². The number of hydrogen-bond acceptors (Lipinski definition) is 0. The van der Waals surface area contributed by atoms with E-state index >= 15 is 0 Å². The second kappa shape index (κ2) is 60.0. The molecule has 0 amide bonds. The monoisotopic (exact) mass is 234 g/mol. The Labute approximate surface area is 108 Å². The van der Waals surface area contributed by atoms with Gasteiger partial charge in [-0.15, -0.1) is 0 Å². The molecule has 0 aromatic carbocycles. The highest BCUT2D eigenvalue weighted by atomic mass is 14.0. The molecule has 1 rings (SSSR count). The maximum atomic E-state index is 2.17. The molecule has 1 fully saturated rings. The number of rotatable bonds is 0. The van der Waals surface area contributed by atoms with E-state index in [1.54, 1.807) is 0 Å². The van der Waals surface area contributed by atoms with Gasteiger partial charge in [0.25, 0.3) is 0 Å². The largest absolute Gasteiger partial charge is 0.0683 e. The van der Waals surface area contributed by atoms with E-state index < -0.39 is 0 Å². The summed E-state index contributed by atoms with van der Waals surface area (Å²) in [7, 11) is 0. The molecule has 0 spiro atoms. The van der Waals surface area contributed by atoms with Crippen molar-refractivity contribution in [1.29, 1.82) is 0 Å². The SMILES string of the molecule is C1CCC1.CC.CC.CC.CC.CC(C)C. The minimum atomic E-state index is 0.833. The van der Waals surface area contributed by atoms with Crippen LogP contribution in [0.2, 0.25) is 0 Å². The highest BCUT2D eigenvalue weighted by Crippen LogP contribution is 2.15. The molecule has 0 radical (unpaired) electrons. The molecule has 1 aliphatic carbocycles. The molecule has 0 aliphatic heterocycles. The van der Waals surface area contributed by atoms with Crippen LogP contribution < -0.4 is 0 Å². The van der Waals surface area contributed by atoms with E-state index in [2.05, 4.69) is 20.8 Å². The van der Waals surface area contributed by atoms with Gasteiger partial charge in [0.15, 0.2) is 0 Å². The van der Waals surface area contributed by atoms with Crippen molar-refractivity contribution in [2.45, 2.75) is 102 Å². The summed E-state index contributed by atoms with van der Waals surface area (Å²) in [6.45, 7) is 22.5. The third-order valence-electron chi connectivity index (χ3n) is 1.000. The van der Waals surface area contributed by atoms with Gasteiger partial charge in [-0.3, -0.25) is 0 Å². The first-order chi connectivity index (χ1) is 7.73. The predicted molar refractivity (Wildman–Crippen MR) is 84.4 cm³/mol. The van der Waals surface area contributed by atoms with Crippen LogP contribution in [0.4, 0.5) is 0 Å². The lowest BCUT2D eigenvalue weighted by Gasteiger charge is -2.05. The molecule has 1 aliphatic rings. The normalized spacial score (nSPS) is 9.75. The minimum absolute atomic E-state index is 0.833. The molecule has 0 heteroatoms. The Kier molecular flexibility index (Phi) is 112. The average molecular weight is 235 g/mol. The molecular weight excluding hydrogens is 192 g/mol. The zero-order valence-electron chi connectivity index (χ0n) is 14.4. The Balaban J connectivity index is -0.0000000319. The van der Waals surface area contributed by atoms with Crippen molar-refractivity contribution in [2.75, 3.05) is 0 Å². The zero-order valence-corrected chi connectivity index (χ0v) is 14.4. The van der Waals surface area contributed by atoms with Crippen molar-refractivity contribution in [3.8, 4) is 0 Å². The summed E-state index contributed by atoms with van der Waals surface area (Å²) in [4.78, 5) is 0. The third-order valence-corrected chi connectivity index (χ3v) is 1.000. The maximum absolute atomic E-state index is 2.17. The van der Waals surface area contributed by atoms with Gasteiger partial charge in [-0.2, -0.15) is 0 Å². The van der Waals surface area contributed by atoms with Crippen LogP contribution in [-0.4, -0.2) is 0 Å². The van der Waals surface area contributed by atoms with Crippen molar-refractivity contribution in [1.82, 2.24) is 0 Å². The second-order valence-corrected chi connectivity index (χ2v) is 3.15. The van der Waals surface area contributed by atoms with Gasteiger partial charge in [0.05, 0.1) is 0 Å². The summed E-state index contributed by atoms with van der Waals surface area (Å²) in [5, 5.41) is 0. The Morgan fingerprint density at radius 2 is 0.500 bits per heavy atom. The Bertz CT molecular complexity index is 26.5. The van der Waals surface area contributed by atoms with Crippen LogP contribution in [-0.2, 0) is 0 Å². The highest BCUT2D eigenvalue weighted by Gasteiger charge is 1.95. The Hall–Kier alpha value is 0. The molecule has 0 N–H and O–H groups in total. The van der Waals surface area contributed by atoms with Crippen LogP contribution in [0.15, 0.2) is 0 Å². The van der Waals surface area contributed by atoms with Gasteiger partial charge in [0, 0.05) is 0 Å². The fourth-order valence-electron chi connectivity index (χ4n) is 0.250. The standard InChI is InChI=1S/C4H8.C4H10.4C2H6/c1-2-4-3-1;1-4(2)3;4*1-2/h1-4H2;4H,1-3H3;4*1-2H3. The molecule has 0 saturated heterocycles. The van der Waals surface area contributed by atoms with E-state index in [0.717, 1.165) is 5.92 Å². The van der Waals surface area contributed by atoms with E-state index in [1.165, 1.54) is 25.7 Å². The van der Waals surface area contributed by atoms with Crippen molar-refractivity contribution < 1.29 is 0 Å². The summed E-state index contributed by atoms with van der Waals surface area (Å²) in [6.07, 6.45) is 6.00. The molecule has 0 aromatic rings. The smallest absolute Gasteiger partial charge is 0.0500 e.